The number of ether oxygens (including phenoxy) is 2. The fraction of sp³-hybridized carbons (Fsp3) is 0. The molecule has 0 saturated heterocycles. The van der Waals surface area contributed by atoms with Crippen molar-refractivity contribution >= 4 is 136 Å². The number of carbonyl (C=O) groups excluding carboxylic acids is 2. The van der Waals surface area contributed by atoms with E-state index in [1.165, 1.54) is 24.3 Å². The first-order valence-electron chi connectivity index (χ1n) is 8.74. The lowest BCUT2D eigenvalue weighted by atomic mass is 10.1. The molecule has 0 aliphatic carbocycles. The summed E-state index contributed by atoms with van der Waals surface area (Å²) in [6.45, 7) is 0. The second kappa shape index (κ2) is 11.7. The molecule has 3 aromatic carbocycles. The fourth-order valence-corrected chi connectivity index (χ4v) is 8.03. The molecule has 0 fully saturated rings. The Hall–Kier alpha value is -0.140. The summed E-state index contributed by atoms with van der Waals surface area (Å²) < 4.78 is 44.3. The van der Waals surface area contributed by atoms with Gasteiger partial charge in [-0.1, -0.05) is 46.4 Å². The van der Waals surface area contributed by atoms with Crippen LogP contribution in [0.2, 0.25) is 20.1 Å². The SMILES string of the molecule is O=C(Oc1ccc(I)cc1)c1c(Cl)c(Cl)c(Cl)c(Cl)c1C(=O)Oc1cc(I)c(S(=O)(=O)O)c(I)c1. The highest BCUT2D eigenvalue weighted by atomic mass is 127. The van der Waals surface area contributed by atoms with Crippen LogP contribution in [0, 0.1) is 10.7 Å². The molecule has 35 heavy (non-hydrogen) atoms. The van der Waals surface area contributed by atoms with Gasteiger partial charge in [0, 0.05) is 10.7 Å². The van der Waals surface area contributed by atoms with Gasteiger partial charge in [-0.2, -0.15) is 8.42 Å². The molecule has 0 aliphatic heterocycles. The van der Waals surface area contributed by atoms with Gasteiger partial charge < -0.3 is 9.47 Å². The minimum Gasteiger partial charge on any atom is -0.423 e. The Morgan fingerprint density at radius 2 is 1.11 bits per heavy atom. The summed E-state index contributed by atoms with van der Waals surface area (Å²) in [6.07, 6.45) is 0. The highest BCUT2D eigenvalue weighted by Gasteiger charge is 2.32. The number of benzene rings is 3. The predicted octanol–water partition coefficient (Wildman–Crippen LogP) is 7.80. The van der Waals surface area contributed by atoms with Crippen LogP contribution in [0.3, 0.4) is 0 Å². The van der Waals surface area contributed by atoms with E-state index in [0.717, 1.165) is 3.57 Å². The summed E-state index contributed by atoms with van der Waals surface area (Å²) in [6, 6.07) is 8.85. The van der Waals surface area contributed by atoms with Gasteiger partial charge in [0.05, 0.1) is 31.2 Å². The van der Waals surface area contributed by atoms with E-state index in [1.54, 1.807) is 57.3 Å². The smallest absolute Gasteiger partial charge is 0.346 e. The van der Waals surface area contributed by atoms with Crippen molar-refractivity contribution in [1.29, 1.82) is 0 Å². The van der Waals surface area contributed by atoms with Crippen molar-refractivity contribution in [3.05, 3.63) is 78.3 Å². The molecule has 0 bridgehead atoms. The summed E-state index contributed by atoms with van der Waals surface area (Å²) in [5.74, 6) is -2.13. The number of halogens is 7. The molecule has 0 aromatic heterocycles. The molecule has 0 aliphatic rings. The number of hydrogen-bond donors (Lipinski definition) is 1. The Kier molecular flexibility index (Phi) is 9.85. The molecular weight excluding hydrogens is 907 g/mol. The van der Waals surface area contributed by atoms with Crippen molar-refractivity contribution in [2.24, 2.45) is 0 Å². The molecule has 0 amide bonds. The quantitative estimate of drug-likeness (QED) is 0.0696. The summed E-state index contributed by atoms with van der Waals surface area (Å²) in [5, 5.41) is -1.35. The van der Waals surface area contributed by atoms with Crippen LogP contribution in [0.4, 0.5) is 0 Å². The molecule has 7 nitrogen and oxygen atoms in total. The van der Waals surface area contributed by atoms with Crippen molar-refractivity contribution in [2.75, 3.05) is 0 Å². The van der Waals surface area contributed by atoms with E-state index < -0.39 is 38.2 Å². The second-order valence-electron chi connectivity index (χ2n) is 6.43. The van der Waals surface area contributed by atoms with E-state index in [2.05, 4.69) is 22.6 Å². The molecular formula is C20H7Cl4I3O7S. The van der Waals surface area contributed by atoms with E-state index in [0.29, 0.717) is 0 Å². The second-order valence-corrected chi connectivity index (χ2v) is 12.9. The van der Waals surface area contributed by atoms with Crippen LogP contribution in [0.15, 0.2) is 41.3 Å². The number of carbonyl (C=O) groups is 2. The molecule has 3 rings (SSSR count). The van der Waals surface area contributed by atoms with Gasteiger partial charge in [-0.3, -0.25) is 4.55 Å². The summed E-state index contributed by atoms with van der Waals surface area (Å²) >= 11 is 30.1. The molecule has 0 atom stereocenters. The summed E-state index contributed by atoms with van der Waals surface area (Å²) in [7, 11) is -4.52. The highest BCUT2D eigenvalue weighted by molar-refractivity contribution is 14.1. The minimum atomic E-state index is -4.52. The normalized spacial score (nSPS) is 11.3. The predicted molar refractivity (Wildman–Crippen MR) is 157 cm³/mol. The van der Waals surface area contributed by atoms with Gasteiger partial charge in [-0.15, -0.1) is 0 Å². The molecule has 0 saturated carbocycles. The van der Waals surface area contributed by atoms with E-state index in [4.69, 9.17) is 55.9 Å². The Balaban J connectivity index is 2.08. The maximum atomic E-state index is 13.1. The van der Waals surface area contributed by atoms with Crippen LogP contribution in [0.5, 0.6) is 11.5 Å². The van der Waals surface area contributed by atoms with Gasteiger partial charge in [0.1, 0.15) is 16.4 Å². The van der Waals surface area contributed by atoms with Crippen molar-refractivity contribution in [3.63, 3.8) is 0 Å². The first-order chi connectivity index (χ1) is 16.2. The maximum absolute atomic E-state index is 13.1. The molecule has 1 N–H and O–H groups in total. The molecule has 0 heterocycles. The third kappa shape index (κ3) is 6.66. The first kappa shape index (κ1) is 29.4. The lowest BCUT2D eigenvalue weighted by Gasteiger charge is -2.16. The standard InChI is InChI=1S/C20H7Cl4I3O7S/c21-14-12(19(28)33-8-3-1-7(25)2-4-8)13(15(22)17(24)16(14)23)20(29)34-9-5-10(26)18(11(27)6-9)35(30,31)32/h1-6H,(H,30,31,32). The third-order valence-electron chi connectivity index (χ3n) is 4.14. The van der Waals surface area contributed by atoms with Gasteiger partial charge >= 0.3 is 11.9 Å². The number of rotatable bonds is 5. The van der Waals surface area contributed by atoms with Gasteiger partial charge in [0.25, 0.3) is 10.1 Å². The lowest BCUT2D eigenvalue weighted by molar-refractivity contribution is 0.0692. The zero-order chi connectivity index (χ0) is 26.2. The lowest BCUT2D eigenvalue weighted by Crippen LogP contribution is -2.19. The average Bonchev–Trinajstić information content (AvgIpc) is 2.74. The fourth-order valence-electron chi connectivity index (χ4n) is 2.68. The molecule has 3 aromatic rings. The monoisotopic (exact) mass is 912 g/mol. The van der Waals surface area contributed by atoms with Crippen LogP contribution in [-0.4, -0.2) is 24.9 Å². The van der Waals surface area contributed by atoms with Crippen molar-refractivity contribution in [1.82, 2.24) is 0 Å². The zero-order valence-corrected chi connectivity index (χ0v) is 26.7. The van der Waals surface area contributed by atoms with Crippen LogP contribution in [-0.2, 0) is 10.1 Å². The maximum Gasteiger partial charge on any atom is 0.346 e. The Bertz CT molecular complexity index is 1460. The van der Waals surface area contributed by atoms with E-state index >= 15 is 0 Å². The zero-order valence-electron chi connectivity index (χ0n) is 16.4. The number of hydrogen-bond acceptors (Lipinski definition) is 6. The van der Waals surface area contributed by atoms with Crippen LogP contribution in [0.25, 0.3) is 0 Å². The van der Waals surface area contributed by atoms with Gasteiger partial charge in [-0.05, 0) is 104 Å². The number of esters is 2. The first-order valence-corrected chi connectivity index (χ1v) is 14.9. The molecule has 184 valence electrons. The van der Waals surface area contributed by atoms with Gasteiger partial charge in [0.2, 0.25) is 0 Å². The van der Waals surface area contributed by atoms with Gasteiger partial charge in [0.15, 0.2) is 0 Å². The van der Waals surface area contributed by atoms with Crippen LogP contribution in [0.1, 0.15) is 20.7 Å². The third-order valence-corrected chi connectivity index (χ3v) is 10.1. The van der Waals surface area contributed by atoms with Gasteiger partial charge in [-0.25, -0.2) is 9.59 Å². The van der Waals surface area contributed by atoms with E-state index in [9.17, 15) is 22.6 Å². The highest BCUT2D eigenvalue weighted by Crippen LogP contribution is 2.42. The molecule has 0 unspecified atom stereocenters. The molecule has 0 spiro atoms. The minimum absolute atomic E-state index is 0.0800. The molecule has 15 heteroatoms. The van der Waals surface area contributed by atoms with E-state index in [-0.39, 0.29) is 38.6 Å². The van der Waals surface area contributed by atoms with Crippen LogP contribution < -0.4 is 9.47 Å². The largest absolute Gasteiger partial charge is 0.423 e. The van der Waals surface area contributed by atoms with Crippen molar-refractivity contribution < 1.29 is 32.0 Å². The van der Waals surface area contributed by atoms with Crippen LogP contribution >= 0.6 is 114 Å². The topological polar surface area (TPSA) is 107 Å². The van der Waals surface area contributed by atoms with Crippen molar-refractivity contribution in [2.45, 2.75) is 4.90 Å². The van der Waals surface area contributed by atoms with E-state index in [1.807, 2.05) is 0 Å². The summed E-state index contributed by atoms with van der Waals surface area (Å²) in [4.78, 5) is 25.8. The Morgan fingerprint density at radius 3 is 1.51 bits per heavy atom. The summed E-state index contributed by atoms with van der Waals surface area (Å²) in [5.41, 5.74) is -0.987. The van der Waals surface area contributed by atoms with Crippen molar-refractivity contribution in [3.8, 4) is 11.5 Å². The Morgan fingerprint density at radius 1 is 0.714 bits per heavy atom. The Labute approximate surface area is 259 Å². The average molecular weight is 914 g/mol. The molecule has 0 radical (unpaired) electrons.